The first kappa shape index (κ1) is 20.3. The minimum atomic E-state index is -5.53. The molecule has 2 atom stereocenters. The van der Waals surface area contributed by atoms with E-state index >= 15 is 17.6 Å². The van der Waals surface area contributed by atoms with Crippen molar-refractivity contribution in [2.75, 3.05) is 0 Å². The molecular formula is C21H10F6S4. The van der Waals surface area contributed by atoms with E-state index in [4.69, 9.17) is 0 Å². The van der Waals surface area contributed by atoms with Crippen molar-refractivity contribution in [1.29, 1.82) is 0 Å². The highest BCUT2D eigenvalue weighted by Gasteiger charge is 2.85. The second kappa shape index (κ2) is 5.95. The molecular weight excluding hydrogens is 494 g/mol. The van der Waals surface area contributed by atoms with Crippen molar-refractivity contribution in [3.8, 4) is 0 Å². The minimum absolute atomic E-state index is 0.162. The molecule has 0 spiro atoms. The molecule has 0 nitrogen and oxygen atoms in total. The molecule has 0 bridgehead atoms. The van der Waals surface area contributed by atoms with Gasteiger partial charge in [0.25, 0.3) is 0 Å². The van der Waals surface area contributed by atoms with Crippen LogP contribution in [0.3, 0.4) is 0 Å². The van der Waals surface area contributed by atoms with Crippen LogP contribution in [-0.4, -0.2) is 17.8 Å². The number of rotatable bonds is 2. The number of hydrogen-bond acceptors (Lipinski definition) is 4. The van der Waals surface area contributed by atoms with E-state index in [0.717, 1.165) is 0 Å². The van der Waals surface area contributed by atoms with Crippen LogP contribution in [0, 0.1) is 0 Å². The van der Waals surface area contributed by atoms with Crippen molar-refractivity contribution in [3.63, 3.8) is 0 Å². The summed E-state index contributed by atoms with van der Waals surface area (Å²) >= 11 is 5.03. The second-order valence-electron chi connectivity index (χ2n) is 7.46. The largest absolute Gasteiger partial charge is 0.380 e. The Labute approximate surface area is 189 Å². The van der Waals surface area contributed by atoms with Crippen LogP contribution in [0.25, 0.3) is 0 Å². The van der Waals surface area contributed by atoms with Crippen LogP contribution in [0.2, 0.25) is 0 Å². The maximum atomic E-state index is 15.1. The minimum Gasteiger partial charge on any atom is -0.194 e. The van der Waals surface area contributed by atoms with Crippen LogP contribution in [-0.2, 0) is 9.49 Å². The molecule has 2 aliphatic heterocycles. The Balaban J connectivity index is 1.84. The van der Waals surface area contributed by atoms with Gasteiger partial charge in [0.15, 0.2) is 0 Å². The Morgan fingerprint density at radius 2 is 1.03 bits per heavy atom. The van der Waals surface area contributed by atoms with Crippen molar-refractivity contribution in [2.24, 2.45) is 0 Å². The first-order valence-electron chi connectivity index (χ1n) is 9.05. The maximum absolute atomic E-state index is 15.1. The molecule has 0 amide bonds. The highest BCUT2D eigenvalue weighted by molar-refractivity contribution is 8.07. The van der Waals surface area contributed by atoms with Crippen molar-refractivity contribution < 1.29 is 26.3 Å². The van der Waals surface area contributed by atoms with Gasteiger partial charge in [0.2, 0.25) is 0 Å². The van der Waals surface area contributed by atoms with Gasteiger partial charge < -0.3 is 0 Å². The van der Waals surface area contributed by atoms with Gasteiger partial charge in [0, 0.05) is 20.9 Å². The fourth-order valence-electron chi connectivity index (χ4n) is 4.95. The average Bonchev–Trinajstić information content (AvgIpc) is 3.52. The smallest absolute Gasteiger partial charge is 0.194 e. The molecule has 6 rings (SSSR count). The van der Waals surface area contributed by atoms with Crippen LogP contribution in [0.1, 0.15) is 9.75 Å². The molecule has 2 aliphatic carbocycles. The first-order chi connectivity index (χ1) is 14.6. The number of thiophene rings is 2. The van der Waals surface area contributed by atoms with E-state index in [-0.39, 0.29) is 11.1 Å². The number of alkyl halides is 6. The van der Waals surface area contributed by atoms with E-state index in [1.165, 1.54) is 58.3 Å². The summed E-state index contributed by atoms with van der Waals surface area (Å²) in [6.45, 7) is 0. The molecule has 0 N–H and O–H groups in total. The van der Waals surface area contributed by atoms with Crippen LogP contribution < -0.4 is 0 Å². The molecule has 31 heavy (non-hydrogen) atoms. The lowest BCUT2D eigenvalue weighted by Gasteiger charge is -2.50. The summed E-state index contributed by atoms with van der Waals surface area (Å²) < 4.78 is 87.3. The predicted molar refractivity (Wildman–Crippen MR) is 114 cm³/mol. The number of fused-ring (bicyclic) bond motifs is 4. The quantitative estimate of drug-likeness (QED) is 0.381. The molecule has 0 aromatic carbocycles. The molecule has 1 fully saturated rings. The zero-order valence-corrected chi connectivity index (χ0v) is 18.4. The third-order valence-corrected chi connectivity index (χ3v) is 11.3. The summed E-state index contributed by atoms with van der Waals surface area (Å²) in [5.41, 5.74) is -2.78. The van der Waals surface area contributed by atoms with Gasteiger partial charge in [-0.15, -0.1) is 46.2 Å². The van der Waals surface area contributed by atoms with Gasteiger partial charge in [-0.1, -0.05) is 24.3 Å². The maximum Gasteiger partial charge on any atom is 0.380 e. The van der Waals surface area contributed by atoms with E-state index in [1.807, 2.05) is 0 Å². The molecule has 4 aliphatic rings. The Morgan fingerprint density at radius 3 is 1.39 bits per heavy atom. The average molecular weight is 505 g/mol. The fourth-order valence-corrected chi connectivity index (χ4v) is 10.3. The van der Waals surface area contributed by atoms with Gasteiger partial charge in [-0.2, -0.15) is 26.3 Å². The lowest BCUT2D eigenvalue weighted by Crippen LogP contribution is -2.47. The summed E-state index contributed by atoms with van der Waals surface area (Å²) in [5.74, 6) is -15.5. The summed E-state index contributed by atoms with van der Waals surface area (Å²) in [4.78, 5) is 1.31. The first-order valence-corrected chi connectivity index (χ1v) is 12.6. The van der Waals surface area contributed by atoms with Crippen molar-refractivity contribution in [2.45, 2.75) is 27.3 Å². The summed E-state index contributed by atoms with van der Waals surface area (Å²) in [5, 5.41) is 6.66. The van der Waals surface area contributed by atoms with E-state index in [2.05, 4.69) is 0 Å². The van der Waals surface area contributed by atoms with Gasteiger partial charge in [-0.3, -0.25) is 0 Å². The zero-order chi connectivity index (χ0) is 21.9. The summed E-state index contributed by atoms with van der Waals surface area (Å²) in [7, 11) is 0. The number of thioether (sulfide) groups is 2. The van der Waals surface area contributed by atoms with E-state index in [1.54, 1.807) is 45.8 Å². The molecule has 0 saturated heterocycles. The van der Waals surface area contributed by atoms with Crippen LogP contribution in [0.15, 0.2) is 80.3 Å². The van der Waals surface area contributed by atoms with Crippen molar-refractivity contribution >= 4 is 46.2 Å². The molecule has 2 aromatic heterocycles. The molecule has 0 unspecified atom stereocenters. The number of halogens is 6. The molecule has 10 heteroatoms. The summed E-state index contributed by atoms with van der Waals surface area (Å²) in [6, 6.07) is 7.01. The Kier molecular flexibility index (Phi) is 3.89. The summed E-state index contributed by atoms with van der Waals surface area (Å²) in [6.07, 6.45) is 2.63. The fraction of sp³-hybridized carbons (Fsp3) is 0.238. The van der Waals surface area contributed by atoms with E-state index in [9.17, 15) is 8.78 Å². The van der Waals surface area contributed by atoms with Gasteiger partial charge >= 0.3 is 17.8 Å². The standard InChI is InChI=1S/C21H10F6S4/c22-19(23)15-11-5-9-30-17(11,13-3-1-7-28-13)18(14-4-2-8-29-14)12(6-10-31-18)16(15)20(24,25)21(19,26)27/h1-10H/t17-,18-/m0/s1. The topological polar surface area (TPSA) is 0 Å². The van der Waals surface area contributed by atoms with Gasteiger partial charge in [-0.05, 0) is 44.9 Å². The molecule has 2 aromatic rings. The third-order valence-electron chi connectivity index (χ3n) is 6.16. The van der Waals surface area contributed by atoms with Crippen molar-refractivity contribution in [3.05, 3.63) is 90.0 Å². The normalized spacial score (nSPS) is 33.7. The zero-order valence-electron chi connectivity index (χ0n) is 15.2. The molecule has 1 saturated carbocycles. The Morgan fingerprint density at radius 1 is 0.613 bits per heavy atom. The highest BCUT2D eigenvalue weighted by Crippen LogP contribution is 2.78. The van der Waals surface area contributed by atoms with E-state index in [0.29, 0.717) is 9.75 Å². The second-order valence-corrected chi connectivity index (χ2v) is 11.6. The van der Waals surface area contributed by atoms with Gasteiger partial charge in [0.1, 0.15) is 9.49 Å². The molecule has 0 radical (unpaired) electrons. The van der Waals surface area contributed by atoms with Crippen LogP contribution >= 0.6 is 46.2 Å². The SMILES string of the molecule is FC1(F)C2=C3C=CS[C@@]3(c3cccs3)[C@]3(c4cccs4)SC=CC3=C2C(F)(F)C1(F)F. The third kappa shape index (κ3) is 1.97. The monoisotopic (exact) mass is 504 g/mol. The van der Waals surface area contributed by atoms with Crippen LogP contribution in [0.4, 0.5) is 26.3 Å². The number of allylic oxidation sites excluding steroid dienone is 4. The highest BCUT2D eigenvalue weighted by atomic mass is 32.2. The van der Waals surface area contributed by atoms with Gasteiger partial charge in [-0.25, -0.2) is 0 Å². The Bertz CT molecular complexity index is 1120. The van der Waals surface area contributed by atoms with E-state index < -0.39 is 38.4 Å². The lowest BCUT2D eigenvalue weighted by molar-refractivity contribution is -0.258. The molecule has 160 valence electrons. The number of hydrogen-bond donors (Lipinski definition) is 0. The van der Waals surface area contributed by atoms with Crippen LogP contribution in [0.5, 0.6) is 0 Å². The predicted octanol–water partition coefficient (Wildman–Crippen LogP) is 7.95. The lowest BCUT2D eigenvalue weighted by atomic mass is 9.68. The van der Waals surface area contributed by atoms with Crippen molar-refractivity contribution in [1.82, 2.24) is 0 Å². The molecule has 4 heterocycles. The van der Waals surface area contributed by atoms with Gasteiger partial charge in [0.05, 0.1) is 0 Å². The Hall–Kier alpha value is -1.36.